The van der Waals surface area contributed by atoms with Gasteiger partial charge in [-0.3, -0.25) is 14.9 Å². The number of nitro groups is 1. The Kier molecular flexibility index (Phi) is 4.65. The lowest BCUT2D eigenvalue weighted by atomic mass is 10.1. The molecule has 7 heteroatoms. The van der Waals surface area contributed by atoms with Crippen LogP contribution in [0.1, 0.15) is 10.4 Å². The average Bonchev–Trinajstić information content (AvgIpc) is 2.20. The molecule has 80 valence electrons. The summed E-state index contributed by atoms with van der Waals surface area (Å²) >= 11 is 8.08. The normalized spacial score (nSPS) is 10.1. The summed E-state index contributed by atoms with van der Waals surface area (Å²) in [6, 6.07) is 2.79. The van der Waals surface area contributed by atoms with Gasteiger partial charge in [-0.2, -0.15) is 0 Å². The summed E-state index contributed by atoms with van der Waals surface area (Å²) in [7, 11) is 0. The van der Waals surface area contributed by atoms with Crippen LogP contribution in [0.3, 0.4) is 0 Å². The Balaban J connectivity index is 3.33. The van der Waals surface area contributed by atoms with Crippen LogP contribution in [0.15, 0.2) is 16.6 Å². The Hall–Kier alpha value is -0.0200. The van der Waals surface area contributed by atoms with Gasteiger partial charge in [-0.05, 0) is 44.6 Å². The van der Waals surface area contributed by atoms with E-state index in [1.165, 1.54) is 12.1 Å². The second-order valence-corrected chi connectivity index (χ2v) is 5.01. The summed E-state index contributed by atoms with van der Waals surface area (Å²) in [5.74, 6) is -0.116. The van der Waals surface area contributed by atoms with E-state index in [4.69, 9.17) is 0 Å². The zero-order valence-corrected chi connectivity index (χ0v) is 12.5. The zero-order chi connectivity index (χ0) is 11.6. The van der Waals surface area contributed by atoms with Crippen molar-refractivity contribution in [1.82, 2.24) is 0 Å². The van der Waals surface area contributed by atoms with E-state index in [1.807, 2.05) is 22.6 Å². The molecule has 1 rings (SSSR count). The number of hydrogen-bond donors (Lipinski definition) is 0. The zero-order valence-electron chi connectivity index (χ0n) is 7.17. The quantitative estimate of drug-likeness (QED) is 0.234. The van der Waals surface area contributed by atoms with Gasteiger partial charge in [0.25, 0.3) is 5.69 Å². The average molecular weight is 449 g/mol. The number of carbonyl (C=O) groups excluding carboxylic acids is 1. The molecule has 4 nitrogen and oxygen atoms in total. The van der Waals surface area contributed by atoms with E-state index < -0.39 is 4.92 Å². The van der Waals surface area contributed by atoms with E-state index in [0.29, 0.717) is 13.6 Å². The maximum atomic E-state index is 11.4. The van der Waals surface area contributed by atoms with E-state index in [9.17, 15) is 14.9 Å². The fourth-order valence-electron chi connectivity index (χ4n) is 0.968. The predicted octanol–water partition coefficient (Wildman–Crippen LogP) is 3.54. The van der Waals surface area contributed by atoms with Gasteiger partial charge in [0.15, 0.2) is 5.78 Å². The number of rotatable bonds is 3. The van der Waals surface area contributed by atoms with Crippen LogP contribution in [0.5, 0.6) is 0 Å². The largest absolute Gasteiger partial charge is 0.293 e. The molecule has 0 saturated heterocycles. The molecule has 0 spiro atoms. The Morgan fingerprint density at radius 2 is 2.13 bits per heavy atom. The lowest BCUT2D eigenvalue weighted by Gasteiger charge is -2.03. The number of alkyl halides is 1. The van der Waals surface area contributed by atoms with Crippen LogP contribution < -0.4 is 0 Å². The lowest BCUT2D eigenvalue weighted by molar-refractivity contribution is -0.385. The summed E-state index contributed by atoms with van der Waals surface area (Å²) in [5.41, 5.74) is 0.440. The Bertz CT molecular complexity index is 436. The van der Waals surface area contributed by atoms with Crippen LogP contribution in [0.4, 0.5) is 5.69 Å². The van der Waals surface area contributed by atoms with Gasteiger partial charge in [-0.15, -0.1) is 0 Å². The van der Waals surface area contributed by atoms with Crippen LogP contribution in [-0.4, -0.2) is 16.0 Å². The highest BCUT2D eigenvalue weighted by molar-refractivity contribution is 14.1. The van der Waals surface area contributed by atoms with Crippen molar-refractivity contribution < 1.29 is 9.72 Å². The third-order valence-corrected chi connectivity index (χ3v) is 4.85. The molecular formula is C8H4Br2INO3. The molecule has 0 aliphatic heterocycles. The minimum atomic E-state index is -0.477. The second-order valence-electron chi connectivity index (χ2n) is 2.57. The van der Waals surface area contributed by atoms with Gasteiger partial charge >= 0.3 is 0 Å². The van der Waals surface area contributed by atoms with Crippen molar-refractivity contribution in [1.29, 1.82) is 0 Å². The number of carbonyl (C=O) groups is 1. The summed E-state index contributed by atoms with van der Waals surface area (Å²) in [4.78, 5) is 21.6. The lowest BCUT2D eigenvalue weighted by Crippen LogP contribution is -2.03. The van der Waals surface area contributed by atoms with Crippen molar-refractivity contribution >= 4 is 65.9 Å². The van der Waals surface area contributed by atoms with Crippen molar-refractivity contribution in [3.63, 3.8) is 0 Å². The first-order valence-electron chi connectivity index (χ1n) is 3.70. The monoisotopic (exact) mass is 447 g/mol. The number of nitrogens with zero attached hydrogens (tertiary/aromatic N) is 1. The predicted molar refractivity (Wildman–Crippen MR) is 71.6 cm³/mol. The first-order chi connectivity index (χ1) is 6.99. The molecular weight excluding hydrogens is 445 g/mol. The van der Waals surface area contributed by atoms with E-state index in [-0.39, 0.29) is 16.8 Å². The van der Waals surface area contributed by atoms with Crippen LogP contribution in [0.25, 0.3) is 0 Å². The first kappa shape index (κ1) is 13.0. The summed E-state index contributed by atoms with van der Waals surface area (Å²) in [6.45, 7) is 0. The molecule has 0 aliphatic carbocycles. The smallest absolute Gasteiger partial charge is 0.283 e. The van der Waals surface area contributed by atoms with Gasteiger partial charge in [0, 0.05) is 16.1 Å². The molecule has 0 N–H and O–H groups in total. The van der Waals surface area contributed by atoms with Crippen LogP contribution >= 0.6 is 54.5 Å². The molecule has 15 heavy (non-hydrogen) atoms. The number of nitro benzene ring substituents is 1. The molecule has 0 fully saturated rings. The third-order valence-electron chi connectivity index (χ3n) is 1.68. The highest BCUT2D eigenvalue weighted by atomic mass is 127. The van der Waals surface area contributed by atoms with Crippen LogP contribution in [0.2, 0.25) is 0 Å². The van der Waals surface area contributed by atoms with Gasteiger partial charge in [-0.1, -0.05) is 15.9 Å². The van der Waals surface area contributed by atoms with E-state index in [1.54, 1.807) is 0 Å². The minimum absolute atomic E-state index is 0.00593. The van der Waals surface area contributed by atoms with Crippen molar-refractivity contribution in [2.24, 2.45) is 0 Å². The van der Waals surface area contributed by atoms with E-state index in [0.717, 1.165) is 0 Å². The summed E-state index contributed by atoms with van der Waals surface area (Å²) < 4.78 is 0.908. The third kappa shape index (κ3) is 2.76. The van der Waals surface area contributed by atoms with Crippen molar-refractivity contribution in [3.05, 3.63) is 35.9 Å². The molecule has 0 unspecified atom stereocenters. The molecule has 0 heterocycles. The number of ketones is 1. The van der Waals surface area contributed by atoms with Gasteiger partial charge in [0.05, 0.1) is 10.3 Å². The highest BCUT2D eigenvalue weighted by Crippen LogP contribution is 2.31. The van der Waals surface area contributed by atoms with E-state index in [2.05, 4.69) is 31.9 Å². The van der Waals surface area contributed by atoms with E-state index >= 15 is 0 Å². The number of benzene rings is 1. The SMILES string of the molecule is O=C(CBr)c1ccc([N+](=O)[O-])c(I)c1Br. The molecule has 0 radical (unpaired) electrons. The maximum Gasteiger partial charge on any atom is 0.283 e. The molecule has 0 aliphatic rings. The van der Waals surface area contributed by atoms with Crippen LogP contribution in [0, 0.1) is 13.7 Å². The maximum absolute atomic E-state index is 11.4. The molecule has 1 aromatic rings. The highest BCUT2D eigenvalue weighted by Gasteiger charge is 2.19. The molecule has 0 amide bonds. The van der Waals surface area contributed by atoms with Gasteiger partial charge < -0.3 is 0 Å². The number of hydrogen-bond acceptors (Lipinski definition) is 3. The first-order valence-corrected chi connectivity index (χ1v) is 6.70. The summed E-state index contributed by atoms with van der Waals surface area (Å²) in [5, 5.41) is 10.8. The van der Waals surface area contributed by atoms with Crippen molar-refractivity contribution in [3.8, 4) is 0 Å². The van der Waals surface area contributed by atoms with Gasteiger partial charge in [-0.25, -0.2) is 0 Å². The fourth-order valence-corrected chi connectivity index (χ4v) is 2.49. The van der Waals surface area contributed by atoms with Crippen LogP contribution in [-0.2, 0) is 0 Å². The molecule has 0 aromatic heterocycles. The Morgan fingerprint density at radius 3 is 2.60 bits per heavy atom. The standard InChI is InChI=1S/C8H4Br2INO3/c9-3-6(13)4-1-2-5(12(14)15)8(11)7(4)10/h1-2H,3H2. The number of halogens is 3. The Morgan fingerprint density at radius 1 is 1.53 bits per heavy atom. The topological polar surface area (TPSA) is 60.2 Å². The Labute approximate surface area is 116 Å². The molecule has 0 atom stereocenters. The van der Waals surface area contributed by atoms with Crippen molar-refractivity contribution in [2.45, 2.75) is 0 Å². The molecule has 0 saturated carbocycles. The second kappa shape index (κ2) is 5.35. The van der Waals surface area contributed by atoms with Crippen molar-refractivity contribution in [2.75, 3.05) is 5.33 Å². The van der Waals surface area contributed by atoms with Gasteiger partial charge in [0.1, 0.15) is 3.57 Å². The number of Topliss-reactive ketones (excluding diaryl/α,β-unsaturated/α-hetero) is 1. The molecule has 1 aromatic carbocycles. The minimum Gasteiger partial charge on any atom is -0.293 e. The van der Waals surface area contributed by atoms with Gasteiger partial charge in [0.2, 0.25) is 0 Å². The fraction of sp³-hybridized carbons (Fsp3) is 0.125. The summed E-state index contributed by atoms with van der Waals surface area (Å²) in [6.07, 6.45) is 0. The molecule has 0 bridgehead atoms.